The number of fused-ring (bicyclic) bond motifs is 1. The van der Waals surface area contributed by atoms with Gasteiger partial charge in [-0.3, -0.25) is 0 Å². The normalized spacial score (nSPS) is 17.1. The highest BCUT2D eigenvalue weighted by Crippen LogP contribution is 2.51. The Morgan fingerprint density at radius 1 is 0.938 bits per heavy atom. The minimum atomic E-state index is -0.176. The average molecular weight is 434 g/mol. The van der Waals surface area contributed by atoms with Crippen molar-refractivity contribution in [2.75, 3.05) is 20.8 Å². The maximum Gasteiger partial charge on any atom is 0.191 e. The van der Waals surface area contributed by atoms with Gasteiger partial charge in [0.05, 0.1) is 20.8 Å². The van der Waals surface area contributed by atoms with E-state index in [0.717, 1.165) is 16.7 Å². The first-order valence-corrected chi connectivity index (χ1v) is 10.00. The molecule has 2 atom stereocenters. The van der Waals surface area contributed by atoms with Gasteiger partial charge < -0.3 is 19.3 Å². The highest BCUT2D eigenvalue weighted by atomic mass is 16.5. The topological polar surface area (TPSA) is 107 Å². The van der Waals surface area contributed by atoms with E-state index in [4.69, 9.17) is 14.2 Å². The minimum absolute atomic E-state index is 0.0922. The predicted octanol–water partition coefficient (Wildman–Crippen LogP) is 5.82. The second-order valence-electron chi connectivity index (χ2n) is 7.57. The van der Waals surface area contributed by atoms with Crippen LogP contribution in [0.1, 0.15) is 34.1 Å². The van der Waals surface area contributed by atoms with E-state index < -0.39 is 0 Å². The second-order valence-corrected chi connectivity index (χ2v) is 7.57. The van der Waals surface area contributed by atoms with E-state index >= 15 is 0 Å². The fraction of sp³-hybridized carbons (Fsp3) is 0.250. The molecule has 3 aromatic carbocycles. The van der Waals surface area contributed by atoms with Crippen molar-refractivity contribution in [2.45, 2.75) is 18.8 Å². The Balaban J connectivity index is 1.92. The zero-order valence-corrected chi connectivity index (χ0v) is 17.9. The fourth-order valence-electron chi connectivity index (χ4n) is 4.32. The molecule has 0 amide bonds. The van der Waals surface area contributed by atoms with Crippen molar-refractivity contribution in [3.63, 3.8) is 0 Å². The summed E-state index contributed by atoms with van der Waals surface area (Å²) >= 11 is 0. The number of phenols is 1. The van der Waals surface area contributed by atoms with Crippen LogP contribution >= 0.6 is 0 Å². The fourth-order valence-corrected chi connectivity index (χ4v) is 4.32. The van der Waals surface area contributed by atoms with Crippen molar-refractivity contribution in [2.24, 2.45) is 10.4 Å². The molecule has 1 N–H and O–H groups in total. The van der Waals surface area contributed by atoms with Crippen LogP contribution < -0.4 is 14.2 Å². The number of nitroso groups, excluding NO2 is 2. The first-order valence-electron chi connectivity index (χ1n) is 10.00. The molecule has 1 aliphatic heterocycles. The summed E-state index contributed by atoms with van der Waals surface area (Å²) in [6.07, 6.45) is 0. The summed E-state index contributed by atoms with van der Waals surface area (Å²) < 4.78 is 16.9. The SMILES string of the molecule is COc1cc(C2COc3c(ccc(N=O)c3C)C2c2ccc(O)cc2)cc(OC)c1N=O. The number of hydrogen-bond acceptors (Lipinski definition) is 8. The van der Waals surface area contributed by atoms with Crippen LogP contribution in [-0.4, -0.2) is 25.9 Å². The van der Waals surface area contributed by atoms with Crippen LogP contribution in [-0.2, 0) is 0 Å². The molecule has 1 heterocycles. The molecule has 0 bridgehead atoms. The largest absolute Gasteiger partial charge is 0.508 e. The maximum absolute atomic E-state index is 11.3. The van der Waals surface area contributed by atoms with Gasteiger partial charge >= 0.3 is 0 Å². The van der Waals surface area contributed by atoms with Crippen LogP contribution in [0, 0.1) is 16.7 Å². The van der Waals surface area contributed by atoms with Gasteiger partial charge in [0, 0.05) is 23.0 Å². The van der Waals surface area contributed by atoms with Crippen molar-refractivity contribution in [1.82, 2.24) is 0 Å². The van der Waals surface area contributed by atoms with Gasteiger partial charge in [-0.15, -0.1) is 9.81 Å². The van der Waals surface area contributed by atoms with E-state index in [1.165, 1.54) is 14.2 Å². The first-order chi connectivity index (χ1) is 15.5. The number of ether oxygens (including phenoxy) is 3. The number of hydrogen-bond donors (Lipinski definition) is 1. The van der Waals surface area contributed by atoms with E-state index in [9.17, 15) is 14.9 Å². The summed E-state index contributed by atoms with van der Waals surface area (Å²) in [7, 11) is 2.93. The Bertz CT molecular complexity index is 1150. The molecule has 0 saturated heterocycles. The maximum atomic E-state index is 11.3. The lowest BCUT2D eigenvalue weighted by Gasteiger charge is -2.35. The molecule has 0 saturated carbocycles. The zero-order chi connectivity index (χ0) is 22.8. The molecule has 1 aliphatic rings. The van der Waals surface area contributed by atoms with Gasteiger partial charge in [0.15, 0.2) is 17.2 Å². The Hall–Kier alpha value is -3.94. The molecule has 0 fully saturated rings. The molecular formula is C24H22N2O6. The van der Waals surface area contributed by atoms with E-state index in [-0.39, 0.29) is 23.3 Å². The summed E-state index contributed by atoms with van der Waals surface area (Å²) in [4.78, 5) is 22.5. The average Bonchev–Trinajstić information content (AvgIpc) is 2.83. The van der Waals surface area contributed by atoms with E-state index in [2.05, 4.69) is 10.4 Å². The molecule has 164 valence electrons. The van der Waals surface area contributed by atoms with Crippen LogP contribution in [0.15, 0.2) is 58.9 Å². The highest BCUT2D eigenvalue weighted by molar-refractivity contribution is 5.65. The summed E-state index contributed by atoms with van der Waals surface area (Å²) in [5, 5.41) is 15.9. The highest BCUT2D eigenvalue weighted by Gasteiger charge is 2.36. The van der Waals surface area contributed by atoms with E-state index in [1.54, 1.807) is 37.3 Å². The van der Waals surface area contributed by atoms with Gasteiger partial charge in [0.25, 0.3) is 0 Å². The molecule has 0 spiro atoms. The Morgan fingerprint density at radius 2 is 1.59 bits per heavy atom. The smallest absolute Gasteiger partial charge is 0.191 e. The Labute approximate surface area is 184 Å². The van der Waals surface area contributed by atoms with Crippen LogP contribution in [0.2, 0.25) is 0 Å². The number of rotatable bonds is 6. The first kappa shape index (κ1) is 21.3. The van der Waals surface area contributed by atoms with Crippen LogP contribution in [0.25, 0.3) is 0 Å². The molecule has 4 rings (SSSR count). The third-order valence-corrected chi connectivity index (χ3v) is 5.92. The molecule has 0 aliphatic carbocycles. The molecule has 0 aromatic heterocycles. The lowest BCUT2D eigenvalue weighted by atomic mass is 9.75. The molecule has 8 nitrogen and oxygen atoms in total. The Morgan fingerprint density at radius 3 is 2.16 bits per heavy atom. The second kappa shape index (κ2) is 8.66. The molecule has 8 heteroatoms. The lowest BCUT2D eigenvalue weighted by Crippen LogP contribution is -2.26. The van der Waals surface area contributed by atoms with Gasteiger partial charge in [0.2, 0.25) is 0 Å². The molecule has 0 radical (unpaired) electrons. The molecule has 3 aromatic rings. The van der Waals surface area contributed by atoms with Gasteiger partial charge in [-0.2, -0.15) is 0 Å². The number of nitrogens with zero attached hydrogens (tertiary/aromatic N) is 2. The third kappa shape index (κ3) is 3.53. The number of benzene rings is 3. The van der Waals surface area contributed by atoms with Crippen molar-refractivity contribution in [1.29, 1.82) is 0 Å². The van der Waals surface area contributed by atoms with Crippen molar-refractivity contribution < 1.29 is 19.3 Å². The Kier molecular flexibility index (Phi) is 5.77. The van der Waals surface area contributed by atoms with E-state index in [0.29, 0.717) is 35.1 Å². The molecule has 32 heavy (non-hydrogen) atoms. The standard InChI is InChI=1S/C24H22N2O6/c1-13-19(25-28)9-8-17-22(14-4-6-16(27)7-5-14)18(12-32-24(13)17)15-10-20(30-2)23(26-29)21(11-15)31-3/h4-11,18,22,27H,12H2,1-3H3. The number of phenolic OH excluding ortho intramolecular Hbond substituents is 1. The quantitative estimate of drug-likeness (QED) is 0.490. The van der Waals surface area contributed by atoms with Crippen molar-refractivity contribution in [3.05, 3.63) is 80.6 Å². The van der Waals surface area contributed by atoms with Crippen LogP contribution in [0.5, 0.6) is 23.0 Å². The summed E-state index contributed by atoms with van der Waals surface area (Å²) in [6, 6.07) is 14.0. The monoisotopic (exact) mass is 434 g/mol. The van der Waals surface area contributed by atoms with Gasteiger partial charge in [-0.1, -0.05) is 18.2 Å². The summed E-state index contributed by atoms with van der Waals surface area (Å²) in [5.41, 5.74) is 3.79. The number of methoxy groups -OCH3 is 2. The minimum Gasteiger partial charge on any atom is -0.508 e. The van der Waals surface area contributed by atoms with Gasteiger partial charge in [0.1, 0.15) is 17.2 Å². The number of aromatic hydroxyl groups is 1. The predicted molar refractivity (Wildman–Crippen MR) is 120 cm³/mol. The van der Waals surface area contributed by atoms with E-state index in [1.807, 2.05) is 18.2 Å². The molecular weight excluding hydrogens is 412 g/mol. The van der Waals surface area contributed by atoms with Gasteiger partial charge in [-0.25, -0.2) is 0 Å². The third-order valence-electron chi connectivity index (χ3n) is 5.92. The summed E-state index contributed by atoms with van der Waals surface area (Å²) in [5.74, 6) is 1.07. The van der Waals surface area contributed by atoms with Gasteiger partial charge in [-0.05, 0) is 58.7 Å². The van der Waals surface area contributed by atoms with Crippen LogP contribution in [0.4, 0.5) is 11.4 Å². The van der Waals surface area contributed by atoms with Crippen molar-refractivity contribution >= 4 is 11.4 Å². The van der Waals surface area contributed by atoms with Crippen molar-refractivity contribution in [3.8, 4) is 23.0 Å². The molecule has 2 unspecified atom stereocenters. The lowest BCUT2D eigenvalue weighted by molar-refractivity contribution is 0.247. The summed E-state index contributed by atoms with van der Waals surface area (Å²) in [6.45, 7) is 2.11. The van der Waals surface area contributed by atoms with Crippen LogP contribution in [0.3, 0.4) is 0 Å². The zero-order valence-electron chi connectivity index (χ0n) is 17.9.